The van der Waals surface area contributed by atoms with Gasteiger partial charge in [-0.1, -0.05) is 0 Å². The Kier molecular flexibility index (Phi) is 5.86. The molecule has 0 heterocycles. The molecule has 56 valence electrons. The quantitative estimate of drug-likeness (QED) is 0.256. The number of nitrogens with one attached hydrogen (secondary N) is 1. The van der Waals surface area contributed by atoms with Crippen LogP contribution >= 0.6 is 0 Å². The summed E-state index contributed by atoms with van der Waals surface area (Å²) in [7, 11) is 1.93. The van der Waals surface area contributed by atoms with Crippen LogP contribution in [0.25, 0.3) is 0 Å². The normalized spacial score (nSPS) is 10.7. The molecule has 0 aromatic heterocycles. The van der Waals surface area contributed by atoms with E-state index in [4.69, 9.17) is 11.7 Å². The third-order valence-corrected chi connectivity index (χ3v) is 1.09. The third kappa shape index (κ3) is 7.84. The average Bonchev–Trinajstić information content (AvgIpc) is 1.80. The Balaban J connectivity index is 2.75. The molecular formula is C5H16N4. The molecule has 0 aromatic rings. The second-order valence-electron chi connectivity index (χ2n) is 2.05. The maximum atomic E-state index is 5.17. The van der Waals surface area contributed by atoms with Crippen molar-refractivity contribution in [2.45, 2.75) is 12.8 Å². The number of hydrazine groups is 2. The van der Waals surface area contributed by atoms with E-state index in [0.717, 1.165) is 25.9 Å². The van der Waals surface area contributed by atoms with E-state index in [0.29, 0.717) is 0 Å². The Hall–Kier alpha value is -0.160. The molecule has 0 rings (SSSR count). The minimum absolute atomic E-state index is 0.766. The van der Waals surface area contributed by atoms with Gasteiger partial charge >= 0.3 is 0 Å². The number of hydrogen-bond donors (Lipinski definition) is 3. The molecule has 0 aliphatic carbocycles. The maximum Gasteiger partial charge on any atom is 0.0283 e. The summed E-state index contributed by atoms with van der Waals surface area (Å²) in [6.45, 7) is 1.80. The van der Waals surface area contributed by atoms with Crippen LogP contribution in [0, 0.1) is 0 Å². The molecule has 0 radical (unpaired) electrons. The molecule has 0 saturated carbocycles. The zero-order valence-corrected chi connectivity index (χ0v) is 5.93. The van der Waals surface area contributed by atoms with Gasteiger partial charge in [-0.15, -0.1) is 0 Å². The molecule has 0 saturated heterocycles. The van der Waals surface area contributed by atoms with Crippen LogP contribution in [0.4, 0.5) is 0 Å². The van der Waals surface area contributed by atoms with Crippen LogP contribution < -0.4 is 17.0 Å². The fourth-order valence-electron chi connectivity index (χ4n) is 0.596. The highest BCUT2D eigenvalue weighted by molar-refractivity contribution is 4.44. The van der Waals surface area contributed by atoms with E-state index >= 15 is 0 Å². The van der Waals surface area contributed by atoms with E-state index in [1.807, 2.05) is 7.05 Å². The highest BCUT2D eigenvalue weighted by Gasteiger charge is 1.88. The van der Waals surface area contributed by atoms with Crippen molar-refractivity contribution in [1.82, 2.24) is 10.4 Å². The summed E-state index contributed by atoms with van der Waals surface area (Å²) >= 11 is 0. The van der Waals surface area contributed by atoms with Crippen molar-refractivity contribution in [1.29, 1.82) is 0 Å². The smallest absolute Gasteiger partial charge is 0.0283 e. The van der Waals surface area contributed by atoms with Crippen LogP contribution in [0.2, 0.25) is 0 Å². The van der Waals surface area contributed by atoms with Gasteiger partial charge in [0.05, 0.1) is 0 Å². The van der Waals surface area contributed by atoms with E-state index in [1.165, 1.54) is 5.12 Å². The first-order valence-corrected chi connectivity index (χ1v) is 3.19. The van der Waals surface area contributed by atoms with Gasteiger partial charge in [0.15, 0.2) is 0 Å². The Labute approximate surface area is 56.1 Å². The summed E-state index contributed by atoms with van der Waals surface area (Å²) < 4.78 is 0. The summed E-state index contributed by atoms with van der Waals surface area (Å²) in [6.07, 6.45) is 2.18. The number of nitrogens with two attached hydrogens (primary N) is 2. The number of hydrogen-bond acceptors (Lipinski definition) is 4. The van der Waals surface area contributed by atoms with Gasteiger partial charge < -0.3 is 5.32 Å². The predicted molar refractivity (Wildman–Crippen MR) is 38.2 cm³/mol. The fourth-order valence-corrected chi connectivity index (χ4v) is 0.596. The molecule has 5 N–H and O–H groups in total. The van der Waals surface area contributed by atoms with Crippen LogP contribution in [0.5, 0.6) is 0 Å². The van der Waals surface area contributed by atoms with E-state index in [2.05, 4.69) is 5.32 Å². The van der Waals surface area contributed by atoms with Gasteiger partial charge in [-0.25, -0.2) is 0 Å². The monoisotopic (exact) mass is 132 g/mol. The lowest BCUT2D eigenvalue weighted by Crippen LogP contribution is -2.38. The summed E-state index contributed by atoms with van der Waals surface area (Å²) in [5.74, 6) is 10.3. The van der Waals surface area contributed by atoms with Crippen LogP contribution in [0.1, 0.15) is 12.8 Å². The zero-order valence-electron chi connectivity index (χ0n) is 5.93. The highest BCUT2D eigenvalue weighted by atomic mass is 15.6. The minimum atomic E-state index is 0.766. The van der Waals surface area contributed by atoms with Gasteiger partial charge in [0, 0.05) is 6.54 Å². The summed E-state index contributed by atoms with van der Waals surface area (Å²) in [5.41, 5.74) is 0. The molecule has 4 nitrogen and oxygen atoms in total. The van der Waals surface area contributed by atoms with Gasteiger partial charge in [0.25, 0.3) is 0 Å². The first-order chi connectivity index (χ1) is 4.27. The molecule has 0 atom stereocenters. The van der Waals surface area contributed by atoms with Crippen molar-refractivity contribution in [2.24, 2.45) is 11.7 Å². The molecule has 0 spiro atoms. The van der Waals surface area contributed by atoms with Crippen LogP contribution in [-0.4, -0.2) is 25.3 Å². The molecule has 9 heavy (non-hydrogen) atoms. The molecule has 0 aliphatic heterocycles. The van der Waals surface area contributed by atoms with Gasteiger partial charge in [0.2, 0.25) is 0 Å². The number of unbranched alkanes of at least 4 members (excludes halogenated alkanes) is 1. The Morgan fingerprint density at radius 2 is 2.00 bits per heavy atom. The number of nitrogens with zero attached hydrogens (tertiary/aromatic N) is 1. The Morgan fingerprint density at radius 1 is 1.33 bits per heavy atom. The number of rotatable bonds is 5. The van der Waals surface area contributed by atoms with Crippen molar-refractivity contribution < 1.29 is 0 Å². The van der Waals surface area contributed by atoms with E-state index in [9.17, 15) is 0 Å². The third-order valence-electron chi connectivity index (χ3n) is 1.09. The minimum Gasteiger partial charge on any atom is -0.320 e. The van der Waals surface area contributed by atoms with Gasteiger partial charge in [0.1, 0.15) is 0 Å². The van der Waals surface area contributed by atoms with E-state index in [-0.39, 0.29) is 0 Å². The summed E-state index contributed by atoms with van der Waals surface area (Å²) in [4.78, 5) is 0. The van der Waals surface area contributed by atoms with Crippen molar-refractivity contribution in [3.63, 3.8) is 0 Å². The SMILES string of the molecule is CNCCCCN(N)N. The van der Waals surface area contributed by atoms with Crippen LogP contribution in [0.3, 0.4) is 0 Å². The highest BCUT2D eigenvalue weighted by Crippen LogP contribution is 1.84. The van der Waals surface area contributed by atoms with Crippen molar-refractivity contribution in [3.05, 3.63) is 0 Å². The van der Waals surface area contributed by atoms with E-state index in [1.54, 1.807) is 0 Å². The lowest BCUT2D eigenvalue weighted by molar-refractivity contribution is 0.287. The second kappa shape index (κ2) is 5.97. The van der Waals surface area contributed by atoms with Crippen LogP contribution in [0.15, 0.2) is 0 Å². The first kappa shape index (κ1) is 8.84. The average molecular weight is 132 g/mol. The molecular weight excluding hydrogens is 116 g/mol. The van der Waals surface area contributed by atoms with Gasteiger partial charge in [-0.3, -0.25) is 11.7 Å². The standard InChI is InChI=1S/C5H16N4/c1-8-4-2-3-5-9(6)7/h8H,2-7H2,1H3. The van der Waals surface area contributed by atoms with Crippen molar-refractivity contribution in [2.75, 3.05) is 20.1 Å². The summed E-state index contributed by atoms with van der Waals surface area (Å²) in [6, 6.07) is 0. The zero-order chi connectivity index (χ0) is 7.11. The molecule has 0 aromatic carbocycles. The Bertz CT molecular complexity index is 54.9. The van der Waals surface area contributed by atoms with Gasteiger partial charge in [-0.05, 0) is 26.4 Å². The van der Waals surface area contributed by atoms with Crippen LogP contribution in [-0.2, 0) is 0 Å². The fraction of sp³-hybridized carbons (Fsp3) is 1.00. The lowest BCUT2D eigenvalue weighted by atomic mass is 10.3. The predicted octanol–water partition coefficient (Wildman–Crippen LogP) is -0.965. The second-order valence-corrected chi connectivity index (χ2v) is 2.05. The Morgan fingerprint density at radius 3 is 2.44 bits per heavy atom. The molecule has 0 fully saturated rings. The maximum absolute atomic E-state index is 5.17. The molecule has 0 bridgehead atoms. The largest absolute Gasteiger partial charge is 0.320 e. The molecule has 0 unspecified atom stereocenters. The van der Waals surface area contributed by atoms with Crippen molar-refractivity contribution >= 4 is 0 Å². The topological polar surface area (TPSA) is 67.3 Å². The first-order valence-electron chi connectivity index (χ1n) is 3.19. The molecule has 0 amide bonds. The molecule has 4 heteroatoms. The lowest BCUT2D eigenvalue weighted by Gasteiger charge is -2.07. The van der Waals surface area contributed by atoms with Crippen molar-refractivity contribution in [3.8, 4) is 0 Å². The van der Waals surface area contributed by atoms with Gasteiger partial charge in [-0.2, -0.15) is 5.12 Å². The molecule has 0 aliphatic rings. The summed E-state index contributed by atoms with van der Waals surface area (Å²) in [5, 5.41) is 4.26. The van der Waals surface area contributed by atoms with E-state index < -0.39 is 0 Å².